The molecule has 1 N–H and O–H groups in total. The molecule has 0 spiro atoms. The number of fused-ring (bicyclic) bond motifs is 1. The van der Waals surface area contributed by atoms with E-state index in [1.807, 2.05) is 43.3 Å². The van der Waals surface area contributed by atoms with E-state index in [1.54, 1.807) is 24.3 Å². The third-order valence-electron chi connectivity index (χ3n) is 5.67. The van der Waals surface area contributed by atoms with Crippen molar-refractivity contribution in [1.82, 2.24) is 0 Å². The molecule has 0 saturated carbocycles. The van der Waals surface area contributed by atoms with Crippen LogP contribution in [0, 0.1) is 12.7 Å². The molecule has 0 unspecified atom stereocenters. The third-order valence-corrected chi connectivity index (χ3v) is 6.07. The van der Waals surface area contributed by atoms with Crippen molar-refractivity contribution in [2.45, 2.75) is 6.92 Å². The highest BCUT2D eigenvalue weighted by atomic mass is 35.5. The van der Waals surface area contributed by atoms with E-state index in [1.165, 1.54) is 29.2 Å². The van der Waals surface area contributed by atoms with Crippen LogP contribution in [-0.4, -0.2) is 11.8 Å². The van der Waals surface area contributed by atoms with Crippen molar-refractivity contribution in [1.29, 1.82) is 0 Å². The van der Waals surface area contributed by atoms with Crippen LogP contribution < -0.4 is 10.2 Å². The highest BCUT2D eigenvalue weighted by Crippen LogP contribution is 2.37. The molecule has 0 atom stereocenters. The van der Waals surface area contributed by atoms with Crippen molar-refractivity contribution in [3.05, 3.63) is 113 Å². The van der Waals surface area contributed by atoms with Gasteiger partial charge in [0.2, 0.25) is 0 Å². The summed E-state index contributed by atoms with van der Waals surface area (Å²) < 4.78 is 13.6. The predicted molar refractivity (Wildman–Crippen MR) is 130 cm³/mol. The molecule has 162 valence electrons. The minimum atomic E-state index is -0.493. The highest BCUT2D eigenvalue weighted by molar-refractivity contribution is 6.47. The van der Waals surface area contributed by atoms with E-state index >= 15 is 0 Å². The zero-order valence-corrected chi connectivity index (χ0v) is 18.4. The second-order valence-corrected chi connectivity index (χ2v) is 8.20. The summed E-state index contributed by atoms with van der Waals surface area (Å²) in [5, 5.41) is 5.31. The number of benzene rings is 4. The van der Waals surface area contributed by atoms with Gasteiger partial charge in [0.15, 0.2) is 0 Å². The molecule has 4 aromatic carbocycles. The highest BCUT2D eigenvalue weighted by Gasteiger charge is 2.40. The van der Waals surface area contributed by atoms with Crippen LogP contribution in [0.3, 0.4) is 0 Å². The van der Waals surface area contributed by atoms with Gasteiger partial charge in [0.1, 0.15) is 11.5 Å². The van der Waals surface area contributed by atoms with E-state index in [9.17, 15) is 14.0 Å². The Hall–Kier alpha value is -3.96. The molecule has 5 rings (SSSR count). The molecule has 1 aliphatic rings. The lowest BCUT2D eigenvalue weighted by atomic mass is 10.0. The van der Waals surface area contributed by atoms with E-state index < -0.39 is 17.6 Å². The number of amides is 2. The summed E-state index contributed by atoms with van der Waals surface area (Å²) in [5.74, 6) is -1.40. The van der Waals surface area contributed by atoms with E-state index in [2.05, 4.69) is 5.32 Å². The molecule has 1 aliphatic heterocycles. The lowest BCUT2D eigenvalue weighted by molar-refractivity contribution is -0.120. The van der Waals surface area contributed by atoms with Crippen LogP contribution in [-0.2, 0) is 9.59 Å². The lowest BCUT2D eigenvalue weighted by Gasteiger charge is -2.18. The van der Waals surface area contributed by atoms with Gasteiger partial charge in [0, 0.05) is 16.1 Å². The molecule has 0 bridgehead atoms. The Bertz CT molecular complexity index is 1460. The second-order valence-electron chi connectivity index (χ2n) is 7.79. The van der Waals surface area contributed by atoms with Crippen LogP contribution in [0.25, 0.3) is 16.3 Å². The van der Waals surface area contributed by atoms with Gasteiger partial charge in [-0.2, -0.15) is 0 Å². The Morgan fingerprint density at radius 3 is 2.33 bits per heavy atom. The molecule has 6 heteroatoms. The number of hydrogen-bond acceptors (Lipinski definition) is 3. The first-order valence-electron chi connectivity index (χ1n) is 10.3. The van der Waals surface area contributed by atoms with E-state index in [4.69, 9.17) is 11.6 Å². The van der Waals surface area contributed by atoms with Crippen LogP contribution in [0.2, 0.25) is 5.02 Å². The molecule has 33 heavy (non-hydrogen) atoms. The number of nitrogens with one attached hydrogen (secondary N) is 1. The molecule has 0 aromatic heterocycles. The summed E-state index contributed by atoms with van der Waals surface area (Å²) in [4.78, 5) is 28.5. The number of carbonyl (C=O) groups excluding carboxylic acids is 2. The van der Waals surface area contributed by atoms with E-state index in [-0.39, 0.29) is 11.3 Å². The van der Waals surface area contributed by atoms with Crippen LogP contribution in [0.4, 0.5) is 15.8 Å². The maximum Gasteiger partial charge on any atom is 0.282 e. The normalized spacial score (nSPS) is 13.8. The summed E-state index contributed by atoms with van der Waals surface area (Å²) in [6.45, 7) is 1.88. The fraction of sp³-hybridized carbons (Fsp3) is 0.0370. The number of nitrogens with zero attached hydrogens (tertiary/aromatic N) is 1. The number of anilines is 2. The number of carbonyl (C=O) groups is 2. The Labute approximate surface area is 194 Å². The van der Waals surface area contributed by atoms with Gasteiger partial charge in [-0.3, -0.25) is 9.59 Å². The van der Waals surface area contributed by atoms with Crippen molar-refractivity contribution in [3.63, 3.8) is 0 Å². The van der Waals surface area contributed by atoms with Crippen LogP contribution >= 0.6 is 11.6 Å². The lowest BCUT2D eigenvalue weighted by Crippen LogP contribution is -2.32. The molecule has 0 aliphatic carbocycles. The fourth-order valence-electron chi connectivity index (χ4n) is 3.97. The number of aryl methyl sites for hydroxylation is 1. The maximum atomic E-state index is 13.7. The second kappa shape index (κ2) is 8.19. The van der Waals surface area contributed by atoms with E-state index in [0.29, 0.717) is 22.0 Å². The average Bonchev–Trinajstić information content (AvgIpc) is 3.05. The molecular formula is C27H18ClFN2O2. The molecule has 0 saturated heterocycles. The first-order valence-corrected chi connectivity index (χ1v) is 10.7. The van der Waals surface area contributed by atoms with Gasteiger partial charge < -0.3 is 5.32 Å². The summed E-state index contributed by atoms with van der Waals surface area (Å²) >= 11 is 6.27. The summed E-state index contributed by atoms with van der Waals surface area (Å²) in [5.41, 5.74) is 2.67. The van der Waals surface area contributed by atoms with Gasteiger partial charge in [0.25, 0.3) is 11.8 Å². The van der Waals surface area contributed by atoms with Crippen LogP contribution in [0.5, 0.6) is 0 Å². The standard InChI is InChI=1S/C27H18ClFN2O2/c1-16-9-14-20(15-22(16)28)30-25-24(18-10-12-19(29)13-11-18)26(32)31(27(25)33)23-8-4-6-17-5-2-3-7-21(17)23/h2-15,30H,1H3. The minimum absolute atomic E-state index is 0.111. The number of rotatable bonds is 4. The summed E-state index contributed by atoms with van der Waals surface area (Å²) in [6.07, 6.45) is 0. The van der Waals surface area contributed by atoms with Gasteiger partial charge in [0.05, 0.1) is 11.3 Å². The van der Waals surface area contributed by atoms with Crippen LogP contribution in [0.15, 0.2) is 90.6 Å². The molecular weight excluding hydrogens is 439 g/mol. The molecule has 2 amide bonds. The Balaban J connectivity index is 1.66. The largest absolute Gasteiger partial charge is 0.350 e. The zero-order chi connectivity index (χ0) is 23.1. The van der Waals surface area contributed by atoms with Crippen molar-refractivity contribution in [2.75, 3.05) is 10.2 Å². The Morgan fingerprint density at radius 2 is 1.58 bits per heavy atom. The molecule has 0 fully saturated rings. The van der Waals surface area contributed by atoms with Crippen molar-refractivity contribution < 1.29 is 14.0 Å². The topological polar surface area (TPSA) is 49.4 Å². The quantitative estimate of drug-likeness (QED) is 0.365. The Kier molecular flexibility index (Phi) is 5.19. The van der Waals surface area contributed by atoms with Crippen LogP contribution in [0.1, 0.15) is 11.1 Å². The molecule has 4 nitrogen and oxygen atoms in total. The van der Waals surface area contributed by atoms with Gasteiger partial charge in [-0.05, 0) is 53.8 Å². The van der Waals surface area contributed by atoms with Gasteiger partial charge >= 0.3 is 0 Å². The first kappa shape index (κ1) is 20.9. The van der Waals surface area contributed by atoms with Gasteiger partial charge in [-0.15, -0.1) is 0 Å². The van der Waals surface area contributed by atoms with Crippen molar-refractivity contribution in [3.8, 4) is 0 Å². The van der Waals surface area contributed by atoms with Gasteiger partial charge in [-0.25, -0.2) is 9.29 Å². The predicted octanol–water partition coefficient (Wildman–Crippen LogP) is 6.34. The van der Waals surface area contributed by atoms with Gasteiger partial charge in [-0.1, -0.05) is 66.2 Å². The van der Waals surface area contributed by atoms with Crippen molar-refractivity contribution >= 4 is 51.1 Å². The number of hydrogen-bond donors (Lipinski definition) is 1. The monoisotopic (exact) mass is 456 g/mol. The fourth-order valence-corrected chi connectivity index (χ4v) is 4.15. The number of imide groups is 1. The summed E-state index contributed by atoms with van der Waals surface area (Å²) in [6, 6.07) is 23.8. The zero-order valence-electron chi connectivity index (χ0n) is 17.6. The third kappa shape index (κ3) is 3.66. The smallest absolute Gasteiger partial charge is 0.282 e. The number of halogens is 2. The first-order chi connectivity index (χ1) is 15.9. The molecule has 4 aromatic rings. The summed E-state index contributed by atoms with van der Waals surface area (Å²) in [7, 11) is 0. The SMILES string of the molecule is Cc1ccc(NC2=C(c3ccc(F)cc3)C(=O)N(c3cccc4ccccc34)C2=O)cc1Cl. The minimum Gasteiger partial charge on any atom is -0.350 e. The molecule has 0 radical (unpaired) electrons. The van der Waals surface area contributed by atoms with E-state index in [0.717, 1.165) is 16.3 Å². The Morgan fingerprint density at radius 1 is 0.848 bits per heavy atom. The average molecular weight is 457 g/mol. The maximum absolute atomic E-state index is 13.7. The molecule has 1 heterocycles. The van der Waals surface area contributed by atoms with Crippen molar-refractivity contribution in [2.24, 2.45) is 0 Å².